The number of nitrogens with zero attached hydrogens (tertiary/aromatic N) is 2. The van der Waals surface area contributed by atoms with E-state index >= 15 is 0 Å². The Morgan fingerprint density at radius 3 is 2.84 bits per heavy atom. The van der Waals surface area contributed by atoms with E-state index in [-0.39, 0.29) is 11.7 Å². The lowest BCUT2D eigenvalue weighted by atomic mass is 10.1. The van der Waals surface area contributed by atoms with Crippen molar-refractivity contribution in [2.45, 2.75) is 12.5 Å². The lowest BCUT2D eigenvalue weighted by molar-refractivity contribution is 0.0699. The summed E-state index contributed by atoms with van der Waals surface area (Å²) >= 11 is 0. The van der Waals surface area contributed by atoms with Gasteiger partial charge in [0, 0.05) is 18.5 Å². The predicted molar refractivity (Wildman–Crippen MR) is 71.5 cm³/mol. The van der Waals surface area contributed by atoms with Crippen LogP contribution in [0.2, 0.25) is 0 Å². The lowest BCUT2D eigenvalue weighted by Crippen LogP contribution is -2.22. The number of anilines is 1. The summed E-state index contributed by atoms with van der Waals surface area (Å²) in [6.07, 6.45) is 0.442. The van der Waals surface area contributed by atoms with Gasteiger partial charge in [-0.2, -0.15) is 0 Å². The molecule has 0 bridgehead atoms. The monoisotopic (exact) mass is 258 g/mol. The number of pyridine rings is 1. The van der Waals surface area contributed by atoms with E-state index in [9.17, 15) is 9.90 Å². The van der Waals surface area contributed by atoms with Crippen LogP contribution in [0.25, 0.3) is 10.9 Å². The summed E-state index contributed by atoms with van der Waals surface area (Å²) in [4.78, 5) is 17.6. The molecule has 3 rings (SSSR count). The number of rotatable bonds is 2. The Morgan fingerprint density at radius 2 is 2.16 bits per heavy atom. The number of fused-ring (bicyclic) bond motifs is 1. The fourth-order valence-electron chi connectivity index (χ4n) is 2.46. The van der Waals surface area contributed by atoms with E-state index < -0.39 is 5.97 Å². The number of hydrogen-bond acceptors (Lipinski definition) is 4. The summed E-state index contributed by atoms with van der Waals surface area (Å²) in [7, 11) is 0. The van der Waals surface area contributed by atoms with E-state index in [0.717, 1.165) is 18.8 Å². The van der Waals surface area contributed by atoms with Crippen LogP contribution in [0.4, 0.5) is 5.82 Å². The number of β-amino-alcohol motifs (C(OH)–C–C–N with tert-alkyl or cyclic N) is 1. The number of aromatic carboxylic acids is 1. The molecule has 98 valence electrons. The van der Waals surface area contributed by atoms with Crippen molar-refractivity contribution < 1.29 is 15.0 Å². The van der Waals surface area contributed by atoms with Gasteiger partial charge in [0.25, 0.3) is 0 Å². The minimum Gasteiger partial charge on any atom is -0.478 e. The van der Waals surface area contributed by atoms with Gasteiger partial charge in [-0.1, -0.05) is 6.07 Å². The van der Waals surface area contributed by atoms with E-state index in [1.165, 1.54) is 0 Å². The summed E-state index contributed by atoms with van der Waals surface area (Å²) in [5.74, 6) is -0.164. The Labute approximate surface area is 110 Å². The molecule has 0 aliphatic carbocycles. The van der Waals surface area contributed by atoms with E-state index in [0.29, 0.717) is 17.4 Å². The van der Waals surface area contributed by atoms with E-state index in [2.05, 4.69) is 4.98 Å². The van der Waals surface area contributed by atoms with Crippen LogP contribution < -0.4 is 4.90 Å². The highest BCUT2D eigenvalue weighted by molar-refractivity contribution is 6.02. The number of carboxylic acids is 1. The van der Waals surface area contributed by atoms with Crippen LogP contribution >= 0.6 is 0 Å². The molecule has 1 unspecified atom stereocenters. The average Bonchev–Trinajstić information content (AvgIpc) is 2.84. The molecular formula is C14H14N2O3. The van der Waals surface area contributed by atoms with Gasteiger partial charge in [-0.05, 0) is 30.7 Å². The van der Waals surface area contributed by atoms with Crippen LogP contribution in [0.5, 0.6) is 0 Å². The molecule has 19 heavy (non-hydrogen) atoms. The van der Waals surface area contributed by atoms with Crippen LogP contribution in [-0.4, -0.2) is 40.4 Å². The molecule has 1 aromatic carbocycles. The van der Waals surface area contributed by atoms with Gasteiger partial charge in [-0.3, -0.25) is 0 Å². The molecule has 1 aromatic heterocycles. The summed E-state index contributed by atoms with van der Waals surface area (Å²) in [6.45, 7) is 1.36. The van der Waals surface area contributed by atoms with Crippen LogP contribution in [-0.2, 0) is 0 Å². The van der Waals surface area contributed by atoms with Gasteiger partial charge >= 0.3 is 5.97 Å². The first-order valence-corrected chi connectivity index (χ1v) is 6.21. The van der Waals surface area contributed by atoms with E-state index in [1.807, 2.05) is 11.0 Å². The van der Waals surface area contributed by atoms with Crippen molar-refractivity contribution in [3.8, 4) is 0 Å². The Hall–Kier alpha value is -2.14. The van der Waals surface area contributed by atoms with Crippen LogP contribution in [0.15, 0.2) is 30.3 Å². The molecule has 1 atom stereocenters. The first kappa shape index (κ1) is 11.9. The summed E-state index contributed by atoms with van der Waals surface area (Å²) in [5.41, 5.74) is 0.928. The minimum atomic E-state index is -0.947. The zero-order valence-corrected chi connectivity index (χ0v) is 10.3. The number of aliphatic hydroxyl groups is 1. The van der Waals surface area contributed by atoms with Crippen LogP contribution in [0.1, 0.15) is 16.8 Å². The van der Waals surface area contributed by atoms with Gasteiger partial charge < -0.3 is 15.1 Å². The fraction of sp³-hybridized carbons (Fsp3) is 0.286. The molecule has 5 heteroatoms. The molecule has 0 saturated carbocycles. The summed E-state index contributed by atoms with van der Waals surface area (Å²) in [6, 6.07) is 8.67. The topological polar surface area (TPSA) is 73.7 Å². The highest BCUT2D eigenvalue weighted by Crippen LogP contribution is 2.23. The van der Waals surface area contributed by atoms with Gasteiger partial charge in [0.2, 0.25) is 0 Å². The fourth-order valence-corrected chi connectivity index (χ4v) is 2.46. The molecule has 1 saturated heterocycles. The highest BCUT2D eigenvalue weighted by atomic mass is 16.4. The van der Waals surface area contributed by atoms with Gasteiger partial charge in [0.05, 0.1) is 17.2 Å². The first-order valence-electron chi connectivity index (χ1n) is 6.21. The van der Waals surface area contributed by atoms with Crippen molar-refractivity contribution in [2.75, 3.05) is 18.0 Å². The molecule has 1 aliphatic heterocycles. The quantitative estimate of drug-likeness (QED) is 0.854. The Morgan fingerprint density at radius 1 is 1.32 bits per heavy atom. The smallest absolute Gasteiger partial charge is 0.336 e. The van der Waals surface area contributed by atoms with E-state index in [1.54, 1.807) is 24.3 Å². The maximum absolute atomic E-state index is 11.1. The van der Waals surface area contributed by atoms with Crippen molar-refractivity contribution in [2.24, 2.45) is 0 Å². The maximum Gasteiger partial charge on any atom is 0.336 e. The third-order valence-electron chi connectivity index (χ3n) is 3.43. The largest absolute Gasteiger partial charge is 0.478 e. The predicted octanol–water partition coefficient (Wildman–Crippen LogP) is 1.50. The molecule has 1 aliphatic rings. The summed E-state index contributed by atoms with van der Waals surface area (Å²) in [5, 5.41) is 19.3. The van der Waals surface area contributed by atoms with Crippen LogP contribution in [0.3, 0.4) is 0 Å². The van der Waals surface area contributed by atoms with Gasteiger partial charge in [0.15, 0.2) is 0 Å². The molecule has 2 aromatic rings. The standard InChI is InChI=1S/C14H14N2O3/c17-9-6-7-16(8-9)13-5-4-10-11(14(18)19)2-1-3-12(10)15-13/h1-5,9,17H,6-8H2,(H,18,19). The number of benzene rings is 1. The minimum absolute atomic E-state index is 0.262. The van der Waals surface area contributed by atoms with Crippen molar-refractivity contribution in [1.82, 2.24) is 4.98 Å². The van der Waals surface area contributed by atoms with Gasteiger partial charge in [-0.15, -0.1) is 0 Å². The van der Waals surface area contributed by atoms with Crippen molar-refractivity contribution >= 4 is 22.7 Å². The van der Waals surface area contributed by atoms with Gasteiger partial charge in [-0.25, -0.2) is 9.78 Å². The molecule has 0 amide bonds. The van der Waals surface area contributed by atoms with Crippen molar-refractivity contribution in [1.29, 1.82) is 0 Å². The molecule has 1 fully saturated rings. The molecule has 2 heterocycles. The first-order chi connectivity index (χ1) is 9.15. The Kier molecular flexibility index (Phi) is 2.83. The number of aromatic nitrogens is 1. The summed E-state index contributed by atoms with van der Waals surface area (Å²) < 4.78 is 0. The number of aliphatic hydroxyl groups excluding tert-OH is 1. The second-order valence-corrected chi connectivity index (χ2v) is 4.74. The maximum atomic E-state index is 11.1. The number of carbonyl (C=O) groups is 1. The average molecular weight is 258 g/mol. The molecule has 0 radical (unpaired) electrons. The van der Waals surface area contributed by atoms with E-state index in [4.69, 9.17) is 5.11 Å². The molecular weight excluding hydrogens is 244 g/mol. The Bertz CT molecular complexity index is 642. The number of hydrogen-bond donors (Lipinski definition) is 2. The lowest BCUT2D eigenvalue weighted by Gasteiger charge is -2.17. The molecule has 2 N–H and O–H groups in total. The van der Waals surface area contributed by atoms with Crippen molar-refractivity contribution in [3.63, 3.8) is 0 Å². The second-order valence-electron chi connectivity index (χ2n) is 4.74. The van der Waals surface area contributed by atoms with Crippen molar-refractivity contribution in [3.05, 3.63) is 35.9 Å². The zero-order valence-electron chi connectivity index (χ0n) is 10.3. The SMILES string of the molecule is O=C(O)c1cccc2nc(N3CCC(O)C3)ccc12. The third-order valence-corrected chi connectivity index (χ3v) is 3.43. The van der Waals surface area contributed by atoms with Gasteiger partial charge in [0.1, 0.15) is 5.82 Å². The second kappa shape index (κ2) is 4.51. The normalized spacial score (nSPS) is 19.0. The third kappa shape index (κ3) is 2.13. The zero-order chi connectivity index (χ0) is 13.4. The molecule has 0 spiro atoms. The Balaban J connectivity index is 2.04. The molecule has 5 nitrogen and oxygen atoms in total. The highest BCUT2D eigenvalue weighted by Gasteiger charge is 2.21. The number of carboxylic acid groups (broad SMARTS) is 1. The van der Waals surface area contributed by atoms with Crippen LogP contribution in [0, 0.1) is 0 Å².